The summed E-state index contributed by atoms with van der Waals surface area (Å²) in [7, 11) is 0. The molecule has 0 unspecified atom stereocenters. The van der Waals surface area contributed by atoms with Gasteiger partial charge in [0.05, 0.1) is 10.6 Å². The van der Waals surface area contributed by atoms with Crippen molar-refractivity contribution in [3.8, 4) is 0 Å². The Kier molecular flexibility index (Phi) is 4.39. The maximum Gasteiger partial charge on any atom is 0.270 e. The lowest BCUT2D eigenvalue weighted by Gasteiger charge is -2.14. The summed E-state index contributed by atoms with van der Waals surface area (Å²) in [4.78, 5) is 14.5. The number of anilines is 1. The van der Waals surface area contributed by atoms with Gasteiger partial charge in [-0.15, -0.1) is 0 Å². The Hall–Kier alpha value is -0.830. The predicted octanol–water partition coefficient (Wildman–Crippen LogP) is 4.94. The summed E-state index contributed by atoms with van der Waals surface area (Å²) in [6.07, 6.45) is 1.71. The second-order valence-electron chi connectivity index (χ2n) is 4.14. The predicted molar refractivity (Wildman–Crippen MR) is 98.5 cm³/mol. The molecule has 2 aromatic rings. The van der Waals surface area contributed by atoms with Gasteiger partial charge >= 0.3 is 0 Å². The van der Waals surface area contributed by atoms with Crippen LogP contribution >= 0.6 is 58.2 Å². The molecule has 3 nitrogen and oxygen atoms in total. The van der Waals surface area contributed by atoms with Gasteiger partial charge < -0.3 is 4.42 Å². The number of hydrogen-bond acceptors (Lipinski definition) is 4. The molecule has 0 aliphatic carbocycles. The van der Waals surface area contributed by atoms with E-state index in [9.17, 15) is 4.79 Å². The Morgan fingerprint density at radius 1 is 1.24 bits per heavy atom. The van der Waals surface area contributed by atoms with Crippen LogP contribution in [0, 0.1) is 3.77 Å². The minimum atomic E-state index is -0.154. The van der Waals surface area contributed by atoms with Crippen molar-refractivity contribution in [1.82, 2.24) is 0 Å². The van der Waals surface area contributed by atoms with Crippen molar-refractivity contribution in [3.63, 3.8) is 0 Å². The van der Waals surface area contributed by atoms with Crippen molar-refractivity contribution in [3.05, 3.63) is 55.9 Å². The lowest BCUT2D eigenvalue weighted by Crippen LogP contribution is -2.27. The number of thioether (sulfide) groups is 1. The van der Waals surface area contributed by atoms with Crippen LogP contribution in [-0.2, 0) is 4.79 Å². The number of halogens is 2. The molecular weight excluding hydrogens is 441 g/mol. The highest BCUT2D eigenvalue weighted by Crippen LogP contribution is 2.36. The van der Waals surface area contributed by atoms with Gasteiger partial charge in [0.2, 0.25) is 0 Å². The Morgan fingerprint density at radius 3 is 2.57 bits per heavy atom. The third-order valence-corrected chi connectivity index (χ3v) is 4.88. The molecular formula is C14H7ClINO2S2. The Labute approximate surface area is 149 Å². The summed E-state index contributed by atoms with van der Waals surface area (Å²) in [6.45, 7) is 0. The molecule has 7 heteroatoms. The number of hydrogen-bond donors (Lipinski definition) is 0. The van der Waals surface area contributed by atoms with Gasteiger partial charge in [0.15, 0.2) is 8.09 Å². The summed E-state index contributed by atoms with van der Waals surface area (Å²) in [5, 5.41) is 0.616. The quantitative estimate of drug-likeness (QED) is 0.371. The molecule has 0 radical (unpaired) electrons. The van der Waals surface area contributed by atoms with Gasteiger partial charge in [-0.2, -0.15) is 0 Å². The summed E-state index contributed by atoms with van der Waals surface area (Å²) >= 11 is 14.5. The average molecular weight is 448 g/mol. The fourth-order valence-corrected chi connectivity index (χ4v) is 3.65. The molecule has 1 saturated heterocycles. The molecule has 0 spiro atoms. The van der Waals surface area contributed by atoms with Crippen LogP contribution < -0.4 is 4.90 Å². The van der Waals surface area contributed by atoms with Crippen molar-refractivity contribution in [2.24, 2.45) is 0 Å². The lowest BCUT2D eigenvalue weighted by atomic mass is 10.3. The normalized spacial score (nSPS) is 17.0. The number of benzene rings is 1. The molecule has 1 aromatic heterocycles. The molecule has 1 aromatic carbocycles. The van der Waals surface area contributed by atoms with E-state index in [-0.39, 0.29) is 5.91 Å². The van der Waals surface area contributed by atoms with E-state index in [2.05, 4.69) is 22.6 Å². The molecule has 1 fully saturated rings. The van der Waals surface area contributed by atoms with E-state index in [4.69, 9.17) is 28.2 Å². The van der Waals surface area contributed by atoms with Crippen molar-refractivity contribution in [2.45, 2.75) is 0 Å². The molecule has 21 heavy (non-hydrogen) atoms. The van der Waals surface area contributed by atoms with Gasteiger partial charge in [-0.3, -0.25) is 9.69 Å². The number of thiocarbonyl (C=S) groups is 1. The van der Waals surface area contributed by atoms with E-state index in [1.807, 2.05) is 12.1 Å². The van der Waals surface area contributed by atoms with Crippen molar-refractivity contribution in [2.75, 3.05) is 4.90 Å². The first-order chi connectivity index (χ1) is 10.0. The van der Waals surface area contributed by atoms with Crippen LogP contribution in [0.15, 0.2) is 45.7 Å². The fourth-order valence-electron chi connectivity index (χ4n) is 1.82. The molecule has 0 bridgehead atoms. The third kappa shape index (κ3) is 3.18. The lowest BCUT2D eigenvalue weighted by molar-refractivity contribution is -0.113. The highest BCUT2D eigenvalue weighted by atomic mass is 127. The van der Waals surface area contributed by atoms with E-state index in [0.29, 0.717) is 25.7 Å². The highest BCUT2D eigenvalue weighted by Gasteiger charge is 2.33. The third-order valence-electron chi connectivity index (χ3n) is 2.75. The number of amides is 1. The molecule has 1 aliphatic rings. The standard InChI is InChI=1S/C14H7ClINO2S2/c15-8-1-3-9(4-2-8)17-13(18)11(21-14(17)20)7-10-5-6-12(16)19-10/h1-7H. The van der Waals surface area contributed by atoms with Gasteiger partial charge in [-0.05, 0) is 59.0 Å². The van der Waals surface area contributed by atoms with Gasteiger partial charge in [0, 0.05) is 11.1 Å². The van der Waals surface area contributed by atoms with Crippen LogP contribution in [0.3, 0.4) is 0 Å². The van der Waals surface area contributed by atoms with Gasteiger partial charge in [0.25, 0.3) is 5.91 Å². The minimum absolute atomic E-state index is 0.154. The Morgan fingerprint density at radius 2 is 1.95 bits per heavy atom. The van der Waals surface area contributed by atoms with E-state index >= 15 is 0 Å². The zero-order chi connectivity index (χ0) is 15.0. The maximum atomic E-state index is 12.5. The van der Waals surface area contributed by atoms with E-state index in [1.165, 1.54) is 16.7 Å². The molecule has 106 valence electrons. The van der Waals surface area contributed by atoms with Crippen molar-refractivity contribution >= 4 is 80.2 Å². The number of carbonyl (C=O) groups is 1. The maximum absolute atomic E-state index is 12.5. The summed E-state index contributed by atoms with van der Waals surface area (Å²) in [5.41, 5.74) is 0.708. The minimum Gasteiger partial charge on any atom is -0.451 e. The van der Waals surface area contributed by atoms with Crippen LogP contribution in [-0.4, -0.2) is 10.2 Å². The molecule has 1 amide bonds. The van der Waals surface area contributed by atoms with E-state index < -0.39 is 0 Å². The largest absolute Gasteiger partial charge is 0.451 e. The summed E-state index contributed by atoms with van der Waals surface area (Å²) in [5.74, 6) is 0.481. The zero-order valence-corrected chi connectivity index (χ0v) is 14.9. The average Bonchev–Trinajstić information content (AvgIpc) is 2.96. The van der Waals surface area contributed by atoms with Gasteiger partial charge in [0.1, 0.15) is 5.76 Å². The first kappa shape index (κ1) is 15.1. The molecule has 1 aliphatic heterocycles. The highest BCUT2D eigenvalue weighted by molar-refractivity contribution is 14.1. The molecule has 2 heterocycles. The summed E-state index contributed by atoms with van der Waals surface area (Å²) in [6, 6.07) is 10.7. The number of carbonyl (C=O) groups excluding carboxylic acids is 1. The zero-order valence-electron chi connectivity index (χ0n) is 10.4. The van der Waals surface area contributed by atoms with E-state index in [1.54, 1.807) is 30.3 Å². The van der Waals surface area contributed by atoms with Crippen LogP contribution in [0.1, 0.15) is 5.76 Å². The fraction of sp³-hybridized carbons (Fsp3) is 0. The smallest absolute Gasteiger partial charge is 0.270 e. The second kappa shape index (κ2) is 6.12. The van der Waals surface area contributed by atoms with Gasteiger partial charge in [-0.1, -0.05) is 35.6 Å². The summed E-state index contributed by atoms with van der Waals surface area (Å²) < 4.78 is 6.72. The molecule has 0 atom stereocenters. The van der Waals surface area contributed by atoms with Crippen LogP contribution in [0.25, 0.3) is 6.08 Å². The molecule has 0 saturated carbocycles. The number of nitrogens with zero attached hydrogens (tertiary/aromatic N) is 1. The first-order valence-corrected chi connectivity index (χ1v) is 8.51. The van der Waals surface area contributed by atoms with Crippen LogP contribution in [0.2, 0.25) is 5.02 Å². The molecule has 0 N–H and O–H groups in total. The SMILES string of the molecule is O=C1C(=Cc2ccc(I)o2)SC(=S)N1c1ccc(Cl)cc1. The number of rotatable bonds is 2. The van der Waals surface area contributed by atoms with Crippen molar-refractivity contribution < 1.29 is 9.21 Å². The monoisotopic (exact) mass is 447 g/mol. The van der Waals surface area contributed by atoms with E-state index in [0.717, 1.165) is 3.77 Å². The van der Waals surface area contributed by atoms with Gasteiger partial charge in [-0.25, -0.2) is 0 Å². The first-order valence-electron chi connectivity index (χ1n) is 5.83. The Balaban J connectivity index is 1.92. The van der Waals surface area contributed by atoms with Crippen LogP contribution in [0.4, 0.5) is 5.69 Å². The molecule has 3 rings (SSSR count). The van der Waals surface area contributed by atoms with Crippen LogP contribution in [0.5, 0.6) is 0 Å². The topological polar surface area (TPSA) is 33.5 Å². The Bertz CT molecular complexity index is 755. The number of furan rings is 1. The van der Waals surface area contributed by atoms with Crippen molar-refractivity contribution in [1.29, 1.82) is 0 Å². The second-order valence-corrected chi connectivity index (χ2v) is 7.31.